The Morgan fingerprint density at radius 2 is 1.96 bits per heavy atom. The Morgan fingerprint density at radius 1 is 1.25 bits per heavy atom. The Labute approximate surface area is 142 Å². The molecule has 0 spiro atoms. The molecule has 0 saturated carbocycles. The van der Waals surface area contributed by atoms with Gasteiger partial charge in [-0.15, -0.1) is 0 Å². The van der Waals surface area contributed by atoms with Crippen molar-refractivity contribution in [3.63, 3.8) is 0 Å². The number of hydrogen-bond donors (Lipinski definition) is 0. The Kier molecular flexibility index (Phi) is 5.97. The average molecular weight is 323 g/mol. The standard InChI is InChI=1S/C20H21NO3/c1-14(2)10-11-23-20(22)17(13-21)12-18-8-9-19(24-18)16-6-4-15(3)5-7-16/h4-9,12,14H,10-11H2,1-3H3. The molecule has 0 unspecified atom stereocenters. The second kappa shape index (κ2) is 8.16. The van der Waals surface area contributed by atoms with Gasteiger partial charge < -0.3 is 9.15 Å². The summed E-state index contributed by atoms with van der Waals surface area (Å²) in [5.41, 5.74) is 2.04. The molecule has 0 atom stereocenters. The maximum absolute atomic E-state index is 11.9. The summed E-state index contributed by atoms with van der Waals surface area (Å²) in [6.07, 6.45) is 2.18. The number of furan rings is 1. The number of nitrogens with zero attached hydrogens (tertiary/aromatic N) is 1. The van der Waals surface area contributed by atoms with E-state index < -0.39 is 5.97 Å². The number of ether oxygens (including phenoxy) is 1. The summed E-state index contributed by atoms with van der Waals surface area (Å²) < 4.78 is 10.8. The van der Waals surface area contributed by atoms with Gasteiger partial charge in [-0.25, -0.2) is 4.79 Å². The van der Waals surface area contributed by atoms with Crippen molar-refractivity contribution in [2.75, 3.05) is 6.61 Å². The molecule has 4 nitrogen and oxygen atoms in total. The Morgan fingerprint density at radius 3 is 2.58 bits per heavy atom. The number of rotatable bonds is 6. The quantitative estimate of drug-likeness (QED) is 0.437. The van der Waals surface area contributed by atoms with Crippen molar-refractivity contribution in [1.82, 2.24) is 0 Å². The maximum Gasteiger partial charge on any atom is 0.349 e. The monoisotopic (exact) mass is 323 g/mol. The lowest BCUT2D eigenvalue weighted by molar-refractivity contribution is -0.138. The highest BCUT2D eigenvalue weighted by atomic mass is 16.5. The van der Waals surface area contributed by atoms with Crippen molar-refractivity contribution < 1.29 is 13.9 Å². The summed E-state index contributed by atoms with van der Waals surface area (Å²) in [6, 6.07) is 13.3. The number of aryl methyl sites for hydroxylation is 1. The van der Waals surface area contributed by atoms with Crippen LogP contribution in [0.25, 0.3) is 17.4 Å². The first-order valence-corrected chi connectivity index (χ1v) is 7.95. The third kappa shape index (κ3) is 4.85. The molecule has 0 saturated heterocycles. The normalized spacial score (nSPS) is 11.4. The molecule has 24 heavy (non-hydrogen) atoms. The molecule has 1 heterocycles. The Hall–Kier alpha value is -2.80. The van der Waals surface area contributed by atoms with E-state index in [1.807, 2.05) is 57.2 Å². The minimum absolute atomic E-state index is 0.0661. The van der Waals surface area contributed by atoms with Crippen LogP contribution in [0.5, 0.6) is 0 Å². The number of carbonyl (C=O) groups is 1. The molecule has 0 bridgehead atoms. The van der Waals surface area contributed by atoms with E-state index in [1.165, 1.54) is 11.6 Å². The fourth-order valence-electron chi connectivity index (χ4n) is 2.05. The molecule has 0 fully saturated rings. The summed E-state index contributed by atoms with van der Waals surface area (Å²) in [7, 11) is 0. The number of nitriles is 1. The highest BCUT2D eigenvalue weighted by molar-refractivity contribution is 5.97. The SMILES string of the molecule is Cc1ccc(-c2ccc(C=C(C#N)C(=O)OCCC(C)C)o2)cc1. The smallest absolute Gasteiger partial charge is 0.349 e. The molecule has 0 aliphatic heterocycles. The minimum atomic E-state index is -0.619. The molecule has 124 valence electrons. The fraction of sp³-hybridized carbons (Fsp3) is 0.300. The van der Waals surface area contributed by atoms with E-state index in [0.29, 0.717) is 24.0 Å². The topological polar surface area (TPSA) is 63.2 Å². The Bertz CT molecular complexity index is 761. The van der Waals surface area contributed by atoms with E-state index in [1.54, 1.807) is 6.07 Å². The second-order valence-electron chi connectivity index (χ2n) is 6.06. The molecule has 1 aromatic carbocycles. The van der Waals surface area contributed by atoms with Crippen LogP contribution in [0.1, 0.15) is 31.6 Å². The lowest BCUT2D eigenvalue weighted by atomic mass is 10.1. The summed E-state index contributed by atoms with van der Waals surface area (Å²) in [6.45, 7) is 6.42. The molecule has 4 heteroatoms. The Balaban J connectivity index is 2.10. The van der Waals surface area contributed by atoms with Crippen molar-refractivity contribution >= 4 is 12.0 Å². The van der Waals surface area contributed by atoms with Crippen LogP contribution in [-0.4, -0.2) is 12.6 Å². The molecule has 0 aliphatic rings. The molecule has 2 rings (SSSR count). The van der Waals surface area contributed by atoms with Gasteiger partial charge in [0, 0.05) is 11.6 Å². The van der Waals surface area contributed by atoms with Gasteiger partial charge in [0.15, 0.2) is 0 Å². The van der Waals surface area contributed by atoms with E-state index in [4.69, 9.17) is 14.4 Å². The number of esters is 1. The van der Waals surface area contributed by atoms with Crippen LogP contribution in [0.3, 0.4) is 0 Å². The van der Waals surface area contributed by atoms with Gasteiger partial charge >= 0.3 is 5.97 Å². The van der Waals surface area contributed by atoms with Crippen LogP contribution < -0.4 is 0 Å². The molecule has 1 aromatic heterocycles. The van der Waals surface area contributed by atoms with Crippen LogP contribution >= 0.6 is 0 Å². The van der Waals surface area contributed by atoms with Crippen molar-refractivity contribution in [2.45, 2.75) is 27.2 Å². The third-order valence-corrected chi connectivity index (χ3v) is 3.52. The van der Waals surface area contributed by atoms with Crippen LogP contribution in [0.2, 0.25) is 0 Å². The van der Waals surface area contributed by atoms with Crippen LogP contribution in [0.15, 0.2) is 46.4 Å². The zero-order chi connectivity index (χ0) is 17.5. The van der Waals surface area contributed by atoms with Gasteiger partial charge in [-0.05, 0) is 31.4 Å². The highest BCUT2D eigenvalue weighted by Crippen LogP contribution is 2.23. The van der Waals surface area contributed by atoms with Crippen LogP contribution in [0.4, 0.5) is 0 Å². The predicted molar refractivity (Wildman–Crippen MR) is 92.9 cm³/mol. The van der Waals surface area contributed by atoms with E-state index in [-0.39, 0.29) is 5.57 Å². The highest BCUT2D eigenvalue weighted by Gasteiger charge is 2.12. The van der Waals surface area contributed by atoms with Crippen molar-refractivity contribution in [3.8, 4) is 17.4 Å². The van der Waals surface area contributed by atoms with Gasteiger partial charge in [-0.3, -0.25) is 0 Å². The van der Waals surface area contributed by atoms with Gasteiger partial charge in [-0.2, -0.15) is 5.26 Å². The van der Waals surface area contributed by atoms with Gasteiger partial charge in [0.1, 0.15) is 23.2 Å². The van der Waals surface area contributed by atoms with E-state index in [9.17, 15) is 4.79 Å². The zero-order valence-electron chi connectivity index (χ0n) is 14.2. The van der Waals surface area contributed by atoms with Gasteiger partial charge in [0.25, 0.3) is 0 Å². The molecule has 0 radical (unpaired) electrons. The van der Waals surface area contributed by atoms with Crippen LogP contribution in [0, 0.1) is 24.2 Å². The minimum Gasteiger partial charge on any atom is -0.462 e. The summed E-state index contributed by atoms with van der Waals surface area (Å²) in [5.74, 6) is 0.954. The summed E-state index contributed by atoms with van der Waals surface area (Å²) in [4.78, 5) is 11.9. The molecule has 0 aliphatic carbocycles. The van der Waals surface area contributed by atoms with E-state index >= 15 is 0 Å². The zero-order valence-corrected chi connectivity index (χ0v) is 14.2. The van der Waals surface area contributed by atoms with Crippen molar-refractivity contribution in [1.29, 1.82) is 5.26 Å². The molecule has 0 N–H and O–H groups in total. The first-order chi connectivity index (χ1) is 11.5. The molecular weight excluding hydrogens is 302 g/mol. The average Bonchev–Trinajstić information content (AvgIpc) is 3.01. The molecule has 0 amide bonds. The largest absolute Gasteiger partial charge is 0.462 e. The van der Waals surface area contributed by atoms with Gasteiger partial charge in [0.05, 0.1) is 6.61 Å². The summed E-state index contributed by atoms with van der Waals surface area (Å²) >= 11 is 0. The molecule has 2 aromatic rings. The first-order valence-electron chi connectivity index (χ1n) is 7.95. The molecular formula is C20H21NO3. The van der Waals surface area contributed by atoms with Gasteiger partial charge in [-0.1, -0.05) is 43.7 Å². The second-order valence-corrected chi connectivity index (χ2v) is 6.06. The maximum atomic E-state index is 11.9. The van der Waals surface area contributed by atoms with Crippen LogP contribution in [-0.2, 0) is 9.53 Å². The van der Waals surface area contributed by atoms with Gasteiger partial charge in [0.2, 0.25) is 0 Å². The number of carbonyl (C=O) groups excluding carboxylic acids is 1. The first kappa shape index (κ1) is 17.6. The van der Waals surface area contributed by atoms with Crippen molar-refractivity contribution in [2.24, 2.45) is 5.92 Å². The van der Waals surface area contributed by atoms with Crippen molar-refractivity contribution in [3.05, 3.63) is 53.3 Å². The van der Waals surface area contributed by atoms with E-state index in [2.05, 4.69) is 0 Å². The fourth-order valence-corrected chi connectivity index (χ4v) is 2.05. The number of hydrogen-bond acceptors (Lipinski definition) is 4. The number of benzene rings is 1. The lowest BCUT2D eigenvalue weighted by Gasteiger charge is -2.05. The lowest BCUT2D eigenvalue weighted by Crippen LogP contribution is -2.09. The predicted octanol–water partition coefficient (Wildman–Crippen LogP) is 4.75. The third-order valence-electron chi connectivity index (χ3n) is 3.52. The summed E-state index contributed by atoms with van der Waals surface area (Å²) in [5, 5.41) is 9.16. The van der Waals surface area contributed by atoms with E-state index in [0.717, 1.165) is 12.0 Å².